The Labute approximate surface area is 144 Å². The third-order valence-corrected chi connectivity index (χ3v) is 4.81. The molecule has 24 heavy (non-hydrogen) atoms. The molecule has 0 bridgehead atoms. The van der Waals surface area contributed by atoms with E-state index in [1.807, 2.05) is 37.3 Å². The smallest absolute Gasteiger partial charge is 0.318 e. The number of thiazole rings is 1. The van der Waals surface area contributed by atoms with Gasteiger partial charge in [-0.25, -0.2) is 9.78 Å². The Bertz CT molecular complexity index is 690. The molecular formula is C17H20N4O2S. The van der Waals surface area contributed by atoms with E-state index in [4.69, 9.17) is 0 Å². The second-order valence-electron chi connectivity index (χ2n) is 5.76. The number of hydrogen-bond donors (Lipinski definition) is 2. The van der Waals surface area contributed by atoms with Gasteiger partial charge in [0, 0.05) is 18.1 Å². The predicted octanol–water partition coefficient (Wildman–Crippen LogP) is 3.02. The molecule has 0 aliphatic carbocycles. The number of hydrogen-bond acceptors (Lipinski definition) is 4. The van der Waals surface area contributed by atoms with E-state index in [1.165, 1.54) is 11.3 Å². The van der Waals surface area contributed by atoms with Gasteiger partial charge in [0.25, 0.3) is 0 Å². The van der Waals surface area contributed by atoms with Gasteiger partial charge in [-0.1, -0.05) is 30.3 Å². The third-order valence-electron chi connectivity index (χ3n) is 4.12. The van der Waals surface area contributed by atoms with Gasteiger partial charge in [0.15, 0.2) is 5.13 Å². The molecule has 2 atom stereocenters. The molecule has 6 nitrogen and oxygen atoms in total. The molecular weight excluding hydrogens is 324 g/mol. The number of rotatable bonds is 4. The minimum absolute atomic E-state index is 0.109. The number of benzene rings is 1. The van der Waals surface area contributed by atoms with E-state index in [1.54, 1.807) is 16.5 Å². The monoisotopic (exact) mass is 344 g/mol. The molecule has 0 saturated carbocycles. The van der Waals surface area contributed by atoms with Crippen molar-refractivity contribution in [1.29, 1.82) is 0 Å². The highest BCUT2D eigenvalue weighted by atomic mass is 32.1. The van der Waals surface area contributed by atoms with Crippen molar-refractivity contribution in [3.8, 4) is 0 Å². The Balaban J connectivity index is 1.62. The fraction of sp³-hybridized carbons (Fsp3) is 0.353. The zero-order valence-corrected chi connectivity index (χ0v) is 14.3. The molecule has 0 radical (unpaired) electrons. The Morgan fingerprint density at radius 1 is 1.33 bits per heavy atom. The van der Waals surface area contributed by atoms with Crippen LogP contribution in [0.1, 0.15) is 31.4 Å². The number of nitrogens with zero attached hydrogens (tertiary/aromatic N) is 2. The van der Waals surface area contributed by atoms with Crippen molar-refractivity contribution in [3.63, 3.8) is 0 Å². The van der Waals surface area contributed by atoms with E-state index in [0.29, 0.717) is 18.1 Å². The summed E-state index contributed by atoms with van der Waals surface area (Å²) in [6.45, 7) is 2.53. The largest absolute Gasteiger partial charge is 0.331 e. The molecule has 3 amide bonds. The van der Waals surface area contributed by atoms with E-state index in [0.717, 1.165) is 12.0 Å². The summed E-state index contributed by atoms with van der Waals surface area (Å²) in [6, 6.07) is 9.01. The van der Waals surface area contributed by atoms with E-state index < -0.39 is 6.04 Å². The highest BCUT2D eigenvalue weighted by Gasteiger charge is 2.34. The van der Waals surface area contributed by atoms with Crippen LogP contribution in [-0.4, -0.2) is 34.4 Å². The summed E-state index contributed by atoms with van der Waals surface area (Å²) in [5, 5.41) is 8.12. The number of aromatic nitrogens is 1. The third kappa shape index (κ3) is 3.73. The van der Waals surface area contributed by atoms with Crippen molar-refractivity contribution < 1.29 is 9.59 Å². The molecule has 2 N–H and O–H groups in total. The number of anilines is 1. The molecule has 7 heteroatoms. The van der Waals surface area contributed by atoms with Crippen molar-refractivity contribution in [2.75, 3.05) is 11.9 Å². The molecule has 1 aromatic heterocycles. The lowest BCUT2D eigenvalue weighted by atomic mass is 10.1. The van der Waals surface area contributed by atoms with E-state index in [2.05, 4.69) is 15.6 Å². The van der Waals surface area contributed by atoms with Crippen LogP contribution in [0.4, 0.5) is 9.93 Å². The average molecular weight is 344 g/mol. The molecule has 1 aromatic carbocycles. The molecule has 1 saturated heterocycles. The number of nitrogens with one attached hydrogen (secondary N) is 2. The first-order valence-corrected chi connectivity index (χ1v) is 8.85. The second-order valence-corrected chi connectivity index (χ2v) is 6.65. The van der Waals surface area contributed by atoms with Gasteiger partial charge < -0.3 is 15.5 Å². The average Bonchev–Trinajstić information content (AvgIpc) is 3.27. The maximum Gasteiger partial charge on any atom is 0.318 e. The molecule has 2 heterocycles. The number of amides is 3. The first-order valence-electron chi connectivity index (χ1n) is 7.97. The summed E-state index contributed by atoms with van der Waals surface area (Å²) < 4.78 is 0. The SMILES string of the molecule is C[C@H](NC(=O)N1CCC[C@@H]1C(=O)Nc1nccs1)c1ccccc1. The number of urea groups is 1. The lowest BCUT2D eigenvalue weighted by Crippen LogP contribution is -2.48. The number of likely N-dealkylation sites (tertiary alicyclic amines) is 1. The van der Waals surface area contributed by atoms with Crippen molar-refractivity contribution in [2.45, 2.75) is 31.8 Å². The fourth-order valence-electron chi connectivity index (χ4n) is 2.85. The van der Waals surface area contributed by atoms with E-state index >= 15 is 0 Å². The minimum Gasteiger partial charge on any atom is -0.331 e. The van der Waals surface area contributed by atoms with Gasteiger partial charge in [0.2, 0.25) is 5.91 Å². The first-order chi connectivity index (χ1) is 11.6. The molecule has 126 valence electrons. The van der Waals surface area contributed by atoms with Crippen LogP contribution in [0.5, 0.6) is 0 Å². The highest BCUT2D eigenvalue weighted by Crippen LogP contribution is 2.21. The van der Waals surface area contributed by atoms with Crippen molar-refractivity contribution >= 4 is 28.4 Å². The maximum absolute atomic E-state index is 12.6. The zero-order chi connectivity index (χ0) is 16.9. The molecule has 1 aliphatic heterocycles. The Morgan fingerprint density at radius 3 is 2.83 bits per heavy atom. The van der Waals surface area contributed by atoms with Gasteiger partial charge >= 0.3 is 6.03 Å². The highest BCUT2D eigenvalue weighted by molar-refractivity contribution is 7.13. The summed E-state index contributed by atoms with van der Waals surface area (Å²) >= 11 is 1.37. The molecule has 3 rings (SSSR count). The Morgan fingerprint density at radius 2 is 2.12 bits per heavy atom. The lowest BCUT2D eigenvalue weighted by molar-refractivity contribution is -0.119. The molecule has 1 fully saturated rings. The summed E-state index contributed by atoms with van der Waals surface area (Å²) in [4.78, 5) is 30.7. The van der Waals surface area contributed by atoms with Crippen molar-refractivity contribution in [3.05, 3.63) is 47.5 Å². The topological polar surface area (TPSA) is 74.3 Å². The summed E-state index contributed by atoms with van der Waals surface area (Å²) in [6.07, 6.45) is 3.13. The fourth-order valence-corrected chi connectivity index (χ4v) is 3.38. The lowest BCUT2D eigenvalue weighted by Gasteiger charge is -2.26. The summed E-state index contributed by atoms with van der Waals surface area (Å²) in [5.74, 6) is -0.176. The van der Waals surface area contributed by atoms with Gasteiger partial charge in [0.05, 0.1) is 6.04 Å². The van der Waals surface area contributed by atoms with Crippen LogP contribution >= 0.6 is 11.3 Å². The summed E-state index contributed by atoms with van der Waals surface area (Å²) in [5.41, 5.74) is 1.04. The molecule has 0 unspecified atom stereocenters. The second kappa shape index (κ2) is 7.44. The van der Waals surface area contributed by atoms with Crippen LogP contribution in [0.15, 0.2) is 41.9 Å². The number of carbonyl (C=O) groups excluding carboxylic acids is 2. The van der Waals surface area contributed by atoms with Gasteiger partial charge in [-0.3, -0.25) is 4.79 Å². The zero-order valence-electron chi connectivity index (χ0n) is 13.4. The number of carbonyl (C=O) groups is 2. The maximum atomic E-state index is 12.6. The Hall–Kier alpha value is -2.41. The van der Waals surface area contributed by atoms with Crippen LogP contribution < -0.4 is 10.6 Å². The van der Waals surface area contributed by atoms with Crippen molar-refractivity contribution in [2.24, 2.45) is 0 Å². The van der Waals surface area contributed by atoms with Gasteiger partial charge in [-0.2, -0.15) is 0 Å². The molecule has 2 aromatic rings. The van der Waals surface area contributed by atoms with Gasteiger partial charge in [0.1, 0.15) is 6.04 Å². The van der Waals surface area contributed by atoms with E-state index in [9.17, 15) is 9.59 Å². The minimum atomic E-state index is -0.447. The first kappa shape index (κ1) is 16.4. The van der Waals surface area contributed by atoms with Crippen LogP contribution in [0.25, 0.3) is 0 Å². The van der Waals surface area contributed by atoms with Gasteiger partial charge in [-0.15, -0.1) is 11.3 Å². The summed E-state index contributed by atoms with van der Waals surface area (Å²) in [7, 11) is 0. The van der Waals surface area contributed by atoms with Crippen LogP contribution in [0.3, 0.4) is 0 Å². The van der Waals surface area contributed by atoms with Crippen LogP contribution in [0.2, 0.25) is 0 Å². The normalized spacial score (nSPS) is 18.2. The molecule has 0 spiro atoms. The van der Waals surface area contributed by atoms with E-state index in [-0.39, 0.29) is 18.0 Å². The Kier molecular flexibility index (Phi) is 5.10. The van der Waals surface area contributed by atoms with Crippen molar-refractivity contribution in [1.82, 2.24) is 15.2 Å². The predicted molar refractivity (Wildman–Crippen MR) is 93.9 cm³/mol. The molecule has 1 aliphatic rings. The van der Waals surface area contributed by atoms with Crippen LogP contribution in [-0.2, 0) is 4.79 Å². The standard InChI is InChI=1S/C17H20N4O2S/c1-12(13-6-3-2-4-7-13)19-17(23)21-10-5-8-14(21)15(22)20-16-18-9-11-24-16/h2-4,6-7,9,11-12,14H,5,8,10H2,1H3,(H,19,23)(H,18,20,22)/t12-,14+/m0/s1. The van der Waals surface area contributed by atoms with Gasteiger partial charge in [-0.05, 0) is 25.3 Å². The quantitative estimate of drug-likeness (QED) is 0.895. The van der Waals surface area contributed by atoms with Crippen LogP contribution in [0, 0.1) is 0 Å².